The van der Waals surface area contributed by atoms with Crippen molar-refractivity contribution in [3.05, 3.63) is 83.6 Å². The molecule has 3 aromatic rings. The Morgan fingerprint density at radius 3 is 2.44 bits per heavy atom. The van der Waals surface area contributed by atoms with Crippen LogP contribution in [0.25, 0.3) is 0 Å². The van der Waals surface area contributed by atoms with Gasteiger partial charge in [0.15, 0.2) is 0 Å². The zero-order valence-corrected chi connectivity index (χ0v) is 13.7. The fraction of sp³-hybridized carbons (Fsp3) is 0.0500. The Hall–Kier alpha value is -3.65. The van der Waals surface area contributed by atoms with Crippen LogP contribution < -0.4 is 10.6 Å². The van der Waals surface area contributed by atoms with Crippen molar-refractivity contribution >= 4 is 23.1 Å². The molecule has 0 unspecified atom stereocenters. The molecule has 25 heavy (non-hydrogen) atoms. The van der Waals surface area contributed by atoms with Gasteiger partial charge in [-0.05, 0) is 55.5 Å². The van der Waals surface area contributed by atoms with Gasteiger partial charge < -0.3 is 10.6 Å². The molecule has 1 aromatic heterocycles. The first-order valence-electron chi connectivity index (χ1n) is 7.75. The number of hydrogen-bond acceptors (Lipinski definition) is 4. The summed E-state index contributed by atoms with van der Waals surface area (Å²) >= 11 is 0. The molecule has 2 aromatic carbocycles. The fourth-order valence-electron chi connectivity index (χ4n) is 2.31. The summed E-state index contributed by atoms with van der Waals surface area (Å²) in [6.45, 7) is 1.94. The van der Waals surface area contributed by atoms with Crippen molar-refractivity contribution < 1.29 is 4.79 Å². The molecule has 0 atom stereocenters. The van der Waals surface area contributed by atoms with Gasteiger partial charge in [-0.3, -0.25) is 4.79 Å². The molecule has 122 valence electrons. The lowest BCUT2D eigenvalue weighted by molar-refractivity contribution is 0.102. The number of carbonyl (C=O) groups is 1. The monoisotopic (exact) mass is 328 g/mol. The van der Waals surface area contributed by atoms with E-state index in [-0.39, 0.29) is 5.91 Å². The van der Waals surface area contributed by atoms with Crippen molar-refractivity contribution in [3.8, 4) is 6.07 Å². The first-order chi connectivity index (χ1) is 12.1. The number of hydrogen-bond donors (Lipinski definition) is 2. The summed E-state index contributed by atoms with van der Waals surface area (Å²) in [5, 5.41) is 14.8. The molecule has 0 radical (unpaired) electrons. The van der Waals surface area contributed by atoms with Crippen LogP contribution in [-0.4, -0.2) is 10.9 Å². The molecule has 0 aliphatic heterocycles. The second-order valence-corrected chi connectivity index (χ2v) is 5.57. The second-order valence-electron chi connectivity index (χ2n) is 5.57. The number of rotatable bonds is 4. The molecule has 0 aliphatic rings. The van der Waals surface area contributed by atoms with Crippen LogP contribution in [0.5, 0.6) is 0 Å². The molecule has 5 nitrogen and oxygen atoms in total. The molecular formula is C20H16N4O. The molecule has 1 amide bonds. The highest BCUT2D eigenvalue weighted by Crippen LogP contribution is 2.18. The van der Waals surface area contributed by atoms with Gasteiger partial charge in [-0.15, -0.1) is 0 Å². The van der Waals surface area contributed by atoms with E-state index in [9.17, 15) is 4.79 Å². The van der Waals surface area contributed by atoms with E-state index in [1.165, 1.54) is 0 Å². The lowest BCUT2D eigenvalue weighted by atomic mass is 10.1. The number of aryl methyl sites for hydroxylation is 1. The number of nitrogens with zero attached hydrogens (tertiary/aromatic N) is 2. The molecule has 0 bridgehead atoms. The van der Waals surface area contributed by atoms with Crippen LogP contribution in [0.2, 0.25) is 0 Å². The van der Waals surface area contributed by atoms with E-state index in [1.54, 1.807) is 30.5 Å². The van der Waals surface area contributed by atoms with Crippen LogP contribution in [0.3, 0.4) is 0 Å². The van der Waals surface area contributed by atoms with Gasteiger partial charge in [-0.2, -0.15) is 5.26 Å². The zero-order valence-electron chi connectivity index (χ0n) is 13.7. The summed E-state index contributed by atoms with van der Waals surface area (Å²) in [4.78, 5) is 16.5. The van der Waals surface area contributed by atoms with Crippen molar-refractivity contribution in [2.45, 2.75) is 6.92 Å². The maximum absolute atomic E-state index is 12.2. The van der Waals surface area contributed by atoms with Gasteiger partial charge in [-0.25, -0.2) is 4.98 Å². The molecular weight excluding hydrogens is 312 g/mol. The largest absolute Gasteiger partial charge is 0.354 e. The Morgan fingerprint density at radius 2 is 1.80 bits per heavy atom. The lowest BCUT2D eigenvalue weighted by Crippen LogP contribution is -2.13. The number of amides is 1. The minimum absolute atomic E-state index is 0.191. The van der Waals surface area contributed by atoms with E-state index in [1.807, 2.05) is 43.3 Å². The van der Waals surface area contributed by atoms with Crippen LogP contribution in [0, 0.1) is 18.3 Å². The fourth-order valence-corrected chi connectivity index (χ4v) is 2.31. The number of carbonyl (C=O) groups excluding carboxylic acids is 1. The molecule has 0 aliphatic carbocycles. The van der Waals surface area contributed by atoms with Crippen molar-refractivity contribution in [2.24, 2.45) is 0 Å². The number of aromatic nitrogens is 1. The van der Waals surface area contributed by atoms with E-state index >= 15 is 0 Å². The van der Waals surface area contributed by atoms with Crippen molar-refractivity contribution in [2.75, 3.05) is 10.6 Å². The third-order valence-electron chi connectivity index (χ3n) is 3.59. The molecule has 0 saturated heterocycles. The molecule has 1 heterocycles. The predicted octanol–water partition coefficient (Wildman–Crippen LogP) is 4.26. The molecule has 2 N–H and O–H groups in total. The van der Waals surface area contributed by atoms with Gasteiger partial charge in [0.2, 0.25) is 0 Å². The minimum atomic E-state index is -0.191. The van der Waals surface area contributed by atoms with Crippen molar-refractivity contribution in [1.82, 2.24) is 4.98 Å². The Balaban J connectivity index is 1.65. The van der Waals surface area contributed by atoms with Crippen LogP contribution in [0.1, 0.15) is 21.5 Å². The topological polar surface area (TPSA) is 77.8 Å². The lowest BCUT2D eigenvalue weighted by Gasteiger charge is -2.08. The highest BCUT2D eigenvalue weighted by Gasteiger charge is 2.07. The van der Waals surface area contributed by atoms with Crippen molar-refractivity contribution in [1.29, 1.82) is 5.26 Å². The highest BCUT2D eigenvalue weighted by atomic mass is 16.1. The average Bonchev–Trinajstić information content (AvgIpc) is 2.64. The molecule has 3 rings (SSSR count). The molecule has 0 spiro atoms. The standard InChI is InChI=1S/C20H16N4O/c1-14-3-2-4-16(11-14)20(25)24-19-10-9-18(13-22-19)23-17-7-5-15(12-21)6-8-17/h2-11,13,23H,1H3,(H,22,24,25). The summed E-state index contributed by atoms with van der Waals surface area (Å²) in [5.41, 5.74) is 3.89. The van der Waals surface area contributed by atoms with Gasteiger partial charge in [0.25, 0.3) is 5.91 Å². The number of pyridine rings is 1. The normalized spacial score (nSPS) is 9.92. The van der Waals surface area contributed by atoms with Gasteiger partial charge in [0, 0.05) is 11.3 Å². The molecule has 0 saturated carbocycles. The maximum atomic E-state index is 12.2. The first kappa shape index (κ1) is 16.2. The number of benzene rings is 2. The van der Waals surface area contributed by atoms with E-state index in [0.717, 1.165) is 16.9 Å². The molecule has 0 fully saturated rings. The van der Waals surface area contributed by atoms with Gasteiger partial charge in [0.1, 0.15) is 5.82 Å². The second kappa shape index (κ2) is 7.28. The predicted molar refractivity (Wildman–Crippen MR) is 97.8 cm³/mol. The Kier molecular flexibility index (Phi) is 4.72. The Labute approximate surface area is 146 Å². The Bertz CT molecular complexity index is 925. The van der Waals surface area contributed by atoms with Gasteiger partial charge in [-0.1, -0.05) is 17.7 Å². The van der Waals surface area contributed by atoms with Crippen LogP contribution >= 0.6 is 0 Å². The third-order valence-corrected chi connectivity index (χ3v) is 3.59. The molecule has 5 heteroatoms. The Morgan fingerprint density at radius 1 is 1.04 bits per heavy atom. The van der Waals surface area contributed by atoms with E-state index < -0.39 is 0 Å². The summed E-state index contributed by atoms with van der Waals surface area (Å²) in [7, 11) is 0. The van der Waals surface area contributed by atoms with E-state index in [2.05, 4.69) is 21.7 Å². The maximum Gasteiger partial charge on any atom is 0.256 e. The summed E-state index contributed by atoms with van der Waals surface area (Å²) in [6, 6.07) is 20.2. The number of nitrogens with one attached hydrogen (secondary N) is 2. The number of anilines is 3. The number of nitriles is 1. The van der Waals surface area contributed by atoms with Crippen LogP contribution in [0.4, 0.5) is 17.2 Å². The average molecular weight is 328 g/mol. The van der Waals surface area contributed by atoms with Gasteiger partial charge in [0.05, 0.1) is 23.5 Å². The minimum Gasteiger partial charge on any atom is -0.354 e. The van der Waals surface area contributed by atoms with E-state index in [4.69, 9.17) is 5.26 Å². The quantitative estimate of drug-likeness (QED) is 0.750. The van der Waals surface area contributed by atoms with Crippen LogP contribution in [0.15, 0.2) is 66.9 Å². The van der Waals surface area contributed by atoms with Crippen molar-refractivity contribution in [3.63, 3.8) is 0 Å². The summed E-state index contributed by atoms with van der Waals surface area (Å²) in [6.07, 6.45) is 1.64. The summed E-state index contributed by atoms with van der Waals surface area (Å²) in [5.74, 6) is 0.292. The van der Waals surface area contributed by atoms with E-state index in [0.29, 0.717) is 16.9 Å². The highest BCUT2D eigenvalue weighted by molar-refractivity contribution is 6.03. The van der Waals surface area contributed by atoms with Gasteiger partial charge >= 0.3 is 0 Å². The zero-order chi connectivity index (χ0) is 17.6. The smallest absolute Gasteiger partial charge is 0.256 e. The SMILES string of the molecule is Cc1cccc(C(=O)Nc2ccc(Nc3ccc(C#N)cc3)cn2)c1. The third kappa shape index (κ3) is 4.21. The van der Waals surface area contributed by atoms with Crippen LogP contribution in [-0.2, 0) is 0 Å². The first-order valence-corrected chi connectivity index (χ1v) is 7.75. The summed E-state index contributed by atoms with van der Waals surface area (Å²) < 4.78 is 0.